The number of nitrogens with one attached hydrogen (secondary N) is 2. The second-order valence-corrected chi connectivity index (χ2v) is 4.29. The van der Waals surface area contributed by atoms with Crippen molar-refractivity contribution >= 4 is 5.91 Å². The molecule has 2 heterocycles. The molecule has 2 aromatic rings. The quantitative estimate of drug-likeness (QED) is 0.833. The second-order valence-electron chi connectivity index (χ2n) is 4.29. The third-order valence-corrected chi connectivity index (χ3v) is 2.67. The molecule has 2 aromatic heterocycles. The van der Waals surface area contributed by atoms with Gasteiger partial charge in [0.25, 0.3) is 0 Å². The zero-order valence-electron chi connectivity index (χ0n) is 10.6. The predicted molar refractivity (Wildman–Crippen MR) is 66.7 cm³/mol. The van der Waals surface area contributed by atoms with Crippen LogP contribution in [0.4, 0.5) is 0 Å². The van der Waals surface area contributed by atoms with E-state index in [0.717, 1.165) is 11.5 Å². The Hall–Kier alpha value is -2.11. The van der Waals surface area contributed by atoms with E-state index in [0.29, 0.717) is 13.0 Å². The SMILES string of the molecule is Cc1cnc([C@@H](C)NC(=O)CCn2ccnc2)[nH]1. The Bertz CT molecular complexity index is 502. The Labute approximate surface area is 105 Å². The molecule has 0 aliphatic rings. The van der Waals surface area contributed by atoms with Crippen LogP contribution in [0, 0.1) is 6.92 Å². The number of hydrogen-bond acceptors (Lipinski definition) is 3. The first-order valence-corrected chi connectivity index (χ1v) is 5.92. The Morgan fingerprint density at radius 3 is 3.06 bits per heavy atom. The molecular formula is C12H17N5O. The average molecular weight is 247 g/mol. The number of hydrogen-bond donors (Lipinski definition) is 2. The predicted octanol–water partition coefficient (Wildman–Crippen LogP) is 1.18. The van der Waals surface area contributed by atoms with Crippen LogP contribution in [0.25, 0.3) is 0 Å². The molecule has 0 saturated carbocycles. The van der Waals surface area contributed by atoms with Crippen LogP contribution < -0.4 is 5.32 Å². The van der Waals surface area contributed by atoms with E-state index in [9.17, 15) is 4.79 Å². The highest BCUT2D eigenvalue weighted by molar-refractivity contribution is 5.76. The van der Waals surface area contributed by atoms with Gasteiger partial charge in [-0.15, -0.1) is 0 Å². The number of nitrogens with zero attached hydrogens (tertiary/aromatic N) is 3. The van der Waals surface area contributed by atoms with Crippen molar-refractivity contribution in [3.05, 3.63) is 36.4 Å². The number of carbonyl (C=O) groups is 1. The lowest BCUT2D eigenvalue weighted by Gasteiger charge is -2.11. The number of aromatic nitrogens is 4. The van der Waals surface area contributed by atoms with Gasteiger partial charge in [-0.3, -0.25) is 4.79 Å². The van der Waals surface area contributed by atoms with Crippen molar-refractivity contribution in [3.8, 4) is 0 Å². The van der Waals surface area contributed by atoms with Gasteiger partial charge in [0.15, 0.2) is 0 Å². The van der Waals surface area contributed by atoms with Gasteiger partial charge in [0.2, 0.25) is 5.91 Å². The summed E-state index contributed by atoms with van der Waals surface area (Å²) in [6.07, 6.45) is 7.43. The van der Waals surface area contributed by atoms with E-state index in [1.165, 1.54) is 0 Å². The van der Waals surface area contributed by atoms with Gasteiger partial charge in [-0.1, -0.05) is 0 Å². The van der Waals surface area contributed by atoms with Gasteiger partial charge in [0, 0.05) is 37.3 Å². The van der Waals surface area contributed by atoms with Crippen molar-refractivity contribution in [2.75, 3.05) is 0 Å². The molecule has 18 heavy (non-hydrogen) atoms. The summed E-state index contributed by atoms with van der Waals surface area (Å²) in [5, 5.41) is 2.91. The molecule has 0 aliphatic heterocycles. The highest BCUT2D eigenvalue weighted by atomic mass is 16.1. The van der Waals surface area contributed by atoms with E-state index >= 15 is 0 Å². The molecule has 0 spiro atoms. The fourth-order valence-electron chi connectivity index (χ4n) is 1.68. The number of imidazole rings is 2. The standard InChI is InChI=1S/C12H17N5O/c1-9-7-14-12(15-9)10(2)16-11(18)3-5-17-6-4-13-8-17/h4,6-8,10H,3,5H2,1-2H3,(H,14,15)(H,16,18)/t10-/m1/s1. The van der Waals surface area contributed by atoms with E-state index in [1.807, 2.05) is 24.6 Å². The fraction of sp³-hybridized carbons (Fsp3) is 0.417. The minimum atomic E-state index is -0.103. The van der Waals surface area contributed by atoms with Crippen molar-refractivity contribution in [2.45, 2.75) is 32.9 Å². The van der Waals surface area contributed by atoms with Gasteiger partial charge < -0.3 is 14.9 Å². The number of H-pyrrole nitrogens is 1. The lowest BCUT2D eigenvalue weighted by atomic mass is 10.3. The summed E-state index contributed by atoms with van der Waals surface area (Å²) in [7, 11) is 0. The van der Waals surface area contributed by atoms with Crippen molar-refractivity contribution < 1.29 is 4.79 Å². The van der Waals surface area contributed by atoms with E-state index < -0.39 is 0 Å². The summed E-state index contributed by atoms with van der Waals surface area (Å²) in [6.45, 7) is 4.48. The molecule has 0 unspecified atom stereocenters. The minimum Gasteiger partial charge on any atom is -0.346 e. The lowest BCUT2D eigenvalue weighted by molar-refractivity contribution is -0.122. The first kappa shape index (κ1) is 12.3. The van der Waals surface area contributed by atoms with Crippen LogP contribution in [-0.2, 0) is 11.3 Å². The highest BCUT2D eigenvalue weighted by Gasteiger charge is 2.11. The van der Waals surface area contributed by atoms with E-state index in [4.69, 9.17) is 0 Å². The highest BCUT2D eigenvalue weighted by Crippen LogP contribution is 2.07. The fourth-order valence-corrected chi connectivity index (χ4v) is 1.68. The van der Waals surface area contributed by atoms with Crippen molar-refractivity contribution in [1.29, 1.82) is 0 Å². The third-order valence-electron chi connectivity index (χ3n) is 2.67. The van der Waals surface area contributed by atoms with Gasteiger partial charge in [-0.05, 0) is 13.8 Å². The van der Waals surface area contributed by atoms with Crippen molar-refractivity contribution in [2.24, 2.45) is 0 Å². The zero-order chi connectivity index (χ0) is 13.0. The number of carbonyl (C=O) groups excluding carboxylic acids is 1. The summed E-state index contributed by atoms with van der Waals surface area (Å²) in [5.41, 5.74) is 0.990. The molecule has 6 heteroatoms. The number of amides is 1. The monoisotopic (exact) mass is 247 g/mol. The number of aromatic amines is 1. The van der Waals surface area contributed by atoms with Crippen LogP contribution in [0.5, 0.6) is 0 Å². The summed E-state index contributed by atoms with van der Waals surface area (Å²) in [6, 6.07) is -0.103. The van der Waals surface area contributed by atoms with Gasteiger partial charge in [-0.25, -0.2) is 9.97 Å². The summed E-state index contributed by atoms with van der Waals surface area (Å²) in [4.78, 5) is 23.0. The second kappa shape index (κ2) is 5.48. The normalized spacial score (nSPS) is 12.3. The molecule has 0 radical (unpaired) electrons. The first-order chi connectivity index (χ1) is 8.65. The Morgan fingerprint density at radius 1 is 1.61 bits per heavy atom. The topological polar surface area (TPSA) is 75.6 Å². The van der Waals surface area contributed by atoms with Gasteiger partial charge in [-0.2, -0.15) is 0 Å². The Balaban J connectivity index is 1.80. The van der Waals surface area contributed by atoms with E-state index in [2.05, 4.69) is 20.3 Å². The summed E-state index contributed by atoms with van der Waals surface area (Å²) >= 11 is 0. The molecule has 0 aliphatic carbocycles. The molecule has 0 fully saturated rings. The van der Waals surface area contributed by atoms with E-state index in [-0.39, 0.29) is 11.9 Å². The molecule has 0 aromatic carbocycles. The molecule has 2 N–H and O–H groups in total. The van der Waals surface area contributed by atoms with Gasteiger partial charge in [0.1, 0.15) is 5.82 Å². The lowest BCUT2D eigenvalue weighted by Crippen LogP contribution is -2.28. The molecular weight excluding hydrogens is 230 g/mol. The van der Waals surface area contributed by atoms with E-state index in [1.54, 1.807) is 18.7 Å². The van der Waals surface area contributed by atoms with Gasteiger partial charge in [0.05, 0.1) is 12.4 Å². The third kappa shape index (κ3) is 3.19. The molecule has 1 amide bonds. The van der Waals surface area contributed by atoms with Crippen molar-refractivity contribution in [3.63, 3.8) is 0 Å². The van der Waals surface area contributed by atoms with Crippen LogP contribution in [0.15, 0.2) is 24.9 Å². The maximum atomic E-state index is 11.7. The Kier molecular flexibility index (Phi) is 3.76. The van der Waals surface area contributed by atoms with Crippen LogP contribution >= 0.6 is 0 Å². The number of aryl methyl sites for hydroxylation is 2. The molecule has 2 rings (SSSR count). The molecule has 0 saturated heterocycles. The molecule has 1 atom stereocenters. The van der Waals surface area contributed by atoms with Crippen molar-refractivity contribution in [1.82, 2.24) is 24.8 Å². The average Bonchev–Trinajstić information content (AvgIpc) is 2.97. The smallest absolute Gasteiger partial charge is 0.222 e. The Morgan fingerprint density at radius 2 is 2.44 bits per heavy atom. The van der Waals surface area contributed by atoms with Crippen LogP contribution in [0.1, 0.15) is 30.9 Å². The van der Waals surface area contributed by atoms with Gasteiger partial charge >= 0.3 is 0 Å². The summed E-state index contributed by atoms with van der Waals surface area (Å²) in [5.74, 6) is 0.786. The number of rotatable bonds is 5. The van der Waals surface area contributed by atoms with Crippen LogP contribution in [-0.4, -0.2) is 25.4 Å². The van der Waals surface area contributed by atoms with Crippen LogP contribution in [0.2, 0.25) is 0 Å². The maximum Gasteiger partial charge on any atom is 0.222 e. The molecule has 0 bridgehead atoms. The van der Waals surface area contributed by atoms with Crippen LogP contribution in [0.3, 0.4) is 0 Å². The zero-order valence-corrected chi connectivity index (χ0v) is 10.6. The molecule has 6 nitrogen and oxygen atoms in total. The first-order valence-electron chi connectivity index (χ1n) is 5.92. The largest absolute Gasteiger partial charge is 0.346 e. The summed E-state index contributed by atoms with van der Waals surface area (Å²) < 4.78 is 1.88. The maximum absolute atomic E-state index is 11.7. The molecule has 96 valence electrons. The minimum absolute atomic E-state index is 0.00486.